The van der Waals surface area contributed by atoms with Crippen LogP contribution in [0, 0.1) is 12.8 Å². The minimum Gasteiger partial charge on any atom is -0.490 e. The standard InChI is InChI=1S/C20H29NO4/c1-16-6-3-4-7-18(16)25-15-20(23-2)10-5-11-21(14-20)19(22)17-8-12-24-13-9-17/h3-4,6-7,17H,5,8-15H2,1-2H3/t20-/m1/s1. The molecule has 138 valence electrons. The second kappa shape index (κ2) is 8.19. The van der Waals surface area contributed by atoms with Gasteiger partial charge in [0, 0.05) is 32.8 Å². The molecule has 1 aromatic rings. The fourth-order valence-electron chi connectivity index (χ4n) is 3.76. The van der Waals surface area contributed by atoms with E-state index in [1.165, 1.54) is 0 Å². The number of carbonyl (C=O) groups is 1. The van der Waals surface area contributed by atoms with Gasteiger partial charge in [-0.15, -0.1) is 0 Å². The Kier molecular flexibility index (Phi) is 5.97. The molecule has 2 aliphatic heterocycles. The Bertz CT molecular complexity index is 585. The summed E-state index contributed by atoms with van der Waals surface area (Å²) >= 11 is 0. The summed E-state index contributed by atoms with van der Waals surface area (Å²) in [5, 5.41) is 0. The van der Waals surface area contributed by atoms with Crippen LogP contribution in [0.2, 0.25) is 0 Å². The van der Waals surface area contributed by atoms with E-state index in [-0.39, 0.29) is 11.8 Å². The molecule has 0 saturated carbocycles. The number of hydrogen-bond donors (Lipinski definition) is 0. The van der Waals surface area contributed by atoms with Crippen LogP contribution < -0.4 is 4.74 Å². The lowest BCUT2D eigenvalue weighted by Crippen LogP contribution is -2.55. The summed E-state index contributed by atoms with van der Waals surface area (Å²) < 4.78 is 17.3. The molecular formula is C20H29NO4. The Balaban J connectivity index is 1.64. The molecule has 0 aromatic heterocycles. The molecule has 25 heavy (non-hydrogen) atoms. The molecule has 0 bridgehead atoms. The van der Waals surface area contributed by atoms with Gasteiger partial charge in [0.25, 0.3) is 0 Å². The van der Waals surface area contributed by atoms with Crippen molar-refractivity contribution in [2.75, 3.05) is 40.0 Å². The maximum Gasteiger partial charge on any atom is 0.225 e. The number of para-hydroxylation sites is 1. The summed E-state index contributed by atoms with van der Waals surface area (Å²) in [5.41, 5.74) is 0.682. The summed E-state index contributed by atoms with van der Waals surface area (Å²) in [5.74, 6) is 1.23. The lowest BCUT2D eigenvalue weighted by atomic mass is 9.91. The van der Waals surface area contributed by atoms with Gasteiger partial charge in [-0.05, 0) is 44.2 Å². The van der Waals surface area contributed by atoms with Crippen LogP contribution in [0.25, 0.3) is 0 Å². The molecule has 2 aliphatic rings. The van der Waals surface area contributed by atoms with E-state index in [2.05, 4.69) is 0 Å². The zero-order valence-corrected chi connectivity index (χ0v) is 15.3. The molecule has 0 aliphatic carbocycles. The van der Waals surface area contributed by atoms with Gasteiger partial charge in [-0.3, -0.25) is 4.79 Å². The maximum absolute atomic E-state index is 12.9. The molecule has 1 atom stereocenters. The van der Waals surface area contributed by atoms with Gasteiger partial charge >= 0.3 is 0 Å². The average molecular weight is 347 g/mol. The molecule has 1 amide bonds. The average Bonchev–Trinajstić information content (AvgIpc) is 2.67. The van der Waals surface area contributed by atoms with E-state index in [0.717, 1.165) is 43.5 Å². The highest BCUT2D eigenvalue weighted by Gasteiger charge is 2.40. The number of nitrogens with zero attached hydrogens (tertiary/aromatic N) is 1. The van der Waals surface area contributed by atoms with Crippen LogP contribution in [0.15, 0.2) is 24.3 Å². The Morgan fingerprint density at radius 1 is 1.32 bits per heavy atom. The van der Waals surface area contributed by atoms with Gasteiger partial charge in [-0.25, -0.2) is 0 Å². The van der Waals surface area contributed by atoms with Crippen LogP contribution >= 0.6 is 0 Å². The third-order valence-electron chi connectivity index (χ3n) is 5.44. The van der Waals surface area contributed by atoms with Crippen molar-refractivity contribution in [3.8, 4) is 5.75 Å². The van der Waals surface area contributed by atoms with Crippen molar-refractivity contribution in [1.29, 1.82) is 0 Å². The SMILES string of the molecule is CO[C@]1(COc2ccccc2C)CCCN(C(=O)C2CCOCC2)C1. The maximum atomic E-state index is 12.9. The summed E-state index contributed by atoms with van der Waals surface area (Å²) in [6, 6.07) is 8.00. The highest BCUT2D eigenvalue weighted by molar-refractivity contribution is 5.79. The van der Waals surface area contributed by atoms with E-state index in [0.29, 0.717) is 26.4 Å². The lowest BCUT2D eigenvalue weighted by molar-refractivity contribution is -0.150. The van der Waals surface area contributed by atoms with Crippen molar-refractivity contribution >= 4 is 5.91 Å². The van der Waals surface area contributed by atoms with E-state index in [1.54, 1.807) is 7.11 Å². The Morgan fingerprint density at radius 3 is 2.80 bits per heavy atom. The summed E-state index contributed by atoms with van der Waals surface area (Å²) in [6.07, 6.45) is 3.51. The zero-order chi connectivity index (χ0) is 17.7. The number of carbonyl (C=O) groups excluding carboxylic acids is 1. The first-order chi connectivity index (χ1) is 12.1. The second-order valence-corrected chi connectivity index (χ2v) is 7.19. The Labute approximate surface area is 150 Å². The molecule has 2 saturated heterocycles. The van der Waals surface area contributed by atoms with E-state index in [4.69, 9.17) is 14.2 Å². The first-order valence-electron chi connectivity index (χ1n) is 9.24. The summed E-state index contributed by atoms with van der Waals surface area (Å²) in [7, 11) is 1.73. The number of rotatable bonds is 5. The number of benzene rings is 1. The van der Waals surface area contributed by atoms with Gasteiger partial charge in [0.1, 0.15) is 18.0 Å². The summed E-state index contributed by atoms with van der Waals surface area (Å²) in [4.78, 5) is 14.8. The van der Waals surface area contributed by atoms with Gasteiger partial charge in [0.15, 0.2) is 0 Å². The molecule has 5 nitrogen and oxygen atoms in total. The lowest BCUT2D eigenvalue weighted by Gasteiger charge is -2.42. The number of amides is 1. The topological polar surface area (TPSA) is 48.0 Å². The van der Waals surface area contributed by atoms with Crippen molar-refractivity contribution in [3.63, 3.8) is 0 Å². The molecule has 0 spiro atoms. The van der Waals surface area contributed by atoms with Crippen molar-refractivity contribution < 1.29 is 19.0 Å². The fourth-order valence-corrected chi connectivity index (χ4v) is 3.76. The number of hydrogen-bond acceptors (Lipinski definition) is 4. The number of ether oxygens (including phenoxy) is 3. The van der Waals surface area contributed by atoms with E-state index in [9.17, 15) is 4.79 Å². The monoisotopic (exact) mass is 347 g/mol. The highest BCUT2D eigenvalue weighted by Crippen LogP contribution is 2.29. The minimum atomic E-state index is -0.429. The van der Waals surface area contributed by atoms with Crippen LogP contribution in [0.4, 0.5) is 0 Å². The Hall–Kier alpha value is -1.59. The van der Waals surface area contributed by atoms with Crippen LogP contribution in [0.5, 0.6) is 5.75 Å². The van der Waals surface area contributed by atoms with E-state index >= 15 is 0 Å². The molecule has 1 aromatic carbocycles. The molecule has 5 heteroatoms. The molecule has 0 unspecified atom stereocenters. The van der Waals surface area contributed by atoms with Crippen LogP contribution in [0.3, 0.4) is 0 Å². The normalized spacial score (nSPS) is 25.0. The smallest absolute Gasteiger partial charge is 0.225 e. The van der Waals surface area contributed by atoms with Crippen molar-refractivity contribution in [3.05, 3.63) is 29.8 Å². The molecule has 0 N–H and O–H groups in total. The summed E-state index contributed by atoms with van der Waals surface area (Å²) in [6.45, 7) is 5.30. The predicted molar refractivity (Wildman–Crippen MR) is 95.8 cm³/mol. The molecule has 2 heterocycles. The number of methoxy groups -OCH3 is 1. The Morgan fingerprint density at radius 2 is 2.08 bits per heavy atom. The second-order valence-electron chi connectivity index (χ2n) is 7.19. The van der Waals surface area contributed by atoms with Gasteiger partial charge < -0.3 is 19.1 Å². The van der Waals surface area contributed by atoms with Crippen LogP contribution in [-0.2, 0) is 14.3 Å². The van der Waals surface area contributed by atoms with Crippen LogP contribution in [-0.4, -0.2) is 56.4 Å². The number of piperidine rings is 1. The van der Waals surface area contributed by atoms with Gasteiger partial charge in [-0.1, -0.05) is 18.2 Å². The van der Waals surface area contributed by atoms with Crippen molar-refractivity contribution in [1.82, 2.24) is 4.90 Å². The number of likely N-dealkylation sites (tertiary alicyclic amines) is 1. The molecule has 2 fully saturated rings. The van der Waals surface area contributed by atoms with Crippen molar-refractivity contribution in [2.24, 2.45) is 5.92 Å². The first-order valence-corrected chi connectivity index (χ1v) is 9.24. The third-order valence-corrected chi connectivity index (χ3v) is 5.44. The first kappa shape index (κ1) is 18.2. The van der Waals surface area contributed by atoms with Gasteiger partial charge in [-0.2, -0.15) is 0 Å². The largest absolute Gasteiger partial charge is 0.490 e. The minimum absolute atomic E-state index is 0.0960. The van der Waals surface area contributed by atoms with Gasteiger partial charge in [0.2, 0.25) is 5.91 Å². The highest BCUT2D eigenvalue weighted by atomic mass is 16.5. The predicted octanol–water partition coefficient (Wildman–Crippen LogP) is 2.81. The molecule has 3 rings (SSSR count). The molecule has 0 radical (unpaired) electrons. The molecular weight excluding hydrogens is 318 g/mol. The quantitative estimate of drug-likeness (QED) is 0.822. The number of aryl methyl sites for hydroxylation is 1. The zero-order valence-electron chi connectivity index (χ0n) is 15.3. The van der Waals surface area contributed by atoms with E-state index < -0.39 is 5.60 Å². The van der Waals surface area contributed by atoms with Crippen molar-refractivity contribution in [2.45, 2.75) is 38.2 Å². The van der Waals surface area contributed by atoms with Gasteiger partial charge in [0.05, 0.1) is 6.54 Å². The third kappa shape index (κ3) is 4.33. The van der Waals surface area contributed by atoms with Crippen LogP contribution in [0.1, 0.15) is 31.2 Å². The fraction of sp³-hybridized carbons (Fsp3) is 0.650. The van der Waals surface area contributed by atoms with E-state index in [1.807, 2.05) is 36.1 Å².